The molecule has 1 saturated heterocycles. The van der Waals surface area contributed by atoms with Gasteiger partial charge in [0.2, 0.25) is 11.8 Å². The van der Waals surface area contributed by atoms with Gasteiger partial charge in [0.15, 0.2) is 12.4 Å². The van der Waals surface area contributed by atoms with Gasteiger partial charge in [-0.25, -0.2) is 0 Å². The zero-order valence-electron chi connectivity index (χ0n) is 15.9. The fourth-order valence-corrected chi connectivity index (χ4v) is 4.70. The molecule has 0 aromatic heterocycles. The molecule has 0 N–H and O–H groups in total. The van der Waals surface area contributed by atoms with Gasteiger partial charge in [-0.1, -0.05) is 25.0 Å². The van der Waals surface area contributed by atoms with Crippen molar-refractivity contribution in [2.45, 2.75) is 51.4 Å². The fourth-order valence-electron chi connectivity index (χ4n) is 4.70. The number of nitrogens with zero attached hydrogens (tertiary/aromatic N) is 1. The first kappa shape index (κ1) is 18.8. The second kappa shape index (κ2) is 7.86. The smallest absolute Gasteiger partial charge is 0.308 e. The van der Waals surface area contributed by atoms with Gasteiger partial charge in [-0.3, -0.25) is 24.1 Å². The van der Waals surface area contributed by atoms with Crippen molar-refractivity contribution in [1.29, 1.82) is 0 Å². The predicted molar refractivity (Wildman–Crippen MR) is 101 cm³/mol. The summed E-state index contributed by atoms with van der Waals surface area (Å²) in [6.07, 6.45) is 6.52. The molecule has 28 heavy (non-hydrogen) atoms. The van der Waals surface area contributed by atoms with Crippen molar-refractivity contribution in [2.24, 2.45) is 11.8 Å². The van der Waals surface area contributed by atoms with Gasteiger partial charge in [-0.05, 0) is 49.3 Å². The standard InChI is InChI=1S/C22H25NO5/c24-19(16-9-8-14-4-3-5-15(14)12-16)13-28-20(25)10-11-23-21(26)17-6-1-2-7-18(17)22(23)27/h8-9,12,17-18H,1-7,10-11,13H2/t17-,18-/m0/s1. The molecule has 2 aliphatic carbocycles. The third-order valence-corrected chi connectivity index (χ3v) is 6.26. The number of aryl methyl sites for hydroxylation is 2. The number of rotatable bonds is 6. The fraction of sp³-hybridized carbons (Fsp3) is 0.545. The molecule has 0 spiro atoms. The SMILES string of the molecule is O=C(CCN1C(=O)[C@H]2CCCC[C@@H]2C1=O)OCC(=O)c1ccc2c(c1)CCC2. The molecule has 0 bridgehead atoms. The van der Waals surface area contributed by atoms with Crippen LogP contribution in [0, 0.1) is 11.8 Å². The van der Waals surface area contributed by atoms with Gasteiger partial charge in [-0.2, -0.15) is 0 Å². The lowest BCUT2D eigenvalue weighted by atomic mass is 9.81. The van der Waals surface area contributed by atoms with Crippen molar-refractivity contribution in [2.75, 3.05) is 13.2 Å². The van der Waals surface area contributed by atoms with E-state index >= 15 is 0 Å². The summed E-state index contributed by atoms with van der Waals surface area (Å²) >= 11 is 0. The van der Waals surface area contributed by atoms with E-state index in [9.17, 15) is 19.2 Å². The Morgan fingerprint density at radius 2 is 1.64 bits per heavy atom. The Balaban J connectivity index is 1.26. The molecule has 2 amide bonds. The molecule has 0 unspecified atom stereocenters. The van der Waals surface area contributed by atoms with Gasteiger partial charge in [0.1, 0.15) is 0 Å². The first-order chi connectivity index (χ1) is 13.5. The van der Waals surface area contributed by atoms with Crippen LogP contribution in [0.4, 0.5) is 0 Å². The van der Waals surface area contributed by atoms with E-state index in [4.69, 9.17) is 4.74 Å². The summed E-state index contributed by atoms with van der Waals surface area (Å²) in [5, 5.41) is 0. The van der Waals surface area contributed by atoms with Crippen LogP contribution < -0.4 is 0 Å². The Hall–Kier alpha value is -2.50. The maximum absolute atomic E-state index is 12.4. The van der Waals surface area contributed by atoms with Crippen LogP contribution in [0.2, 0.25) is 0 Å². The molecule has 1 heterocycles. The quantitative estimate of drug-likeness (QED) is 0.428. The zero-order valence-corrected chi connectivity index (χ0v) is 15.9. The highest BCUT2D eigenvalue weighted by atomic mass is 16.5. The second-order valence-electron chi connectivity index (χ2n) is 8.00. The summed E-state index contributed by atoms with van der Waals surface area (Å²) in [6, 6.07) is 5.65. The van der Waals surface area contributed by atoms with E-state index in [2.05, 4.69) is 0 Å². The maximum atomic E-state index is 12.4. The van der Waals surface area contributed by atoms with Crippen LogP contribution in [0.3, 0.4) is 0 Å². The Bertz CT molecular complexity index is 806. The molecule has 2 atom stereocenters. The first-order valence-electron chi connectivity index (χ1n) is 10.2. The molecule has 1 aromatic carbocycles. The van der Waals surface area contributed by atoms with Gasteiger partial charge < -0.3 is 4.74 Å². The molecule has 0 radical (unpaired) electrons. The number of carbonyl (C=O) groups excluding carboxylic acids is 4. The molecular formula is C22H25NO5. The Kier molecular flexibility index (Phi) is 5.29. The lowest BCUT2D eigenvalue weighted by Gasteiger charge is -2.19. The number of ketones is 1. The number of benzene rings is 1. The van der Waals surface area contributed by atoms with Crippen molar-refractivity contribution < 1.29 is 23.9 Å². The summed E-state index contributed by atoms with van der Waals surface area (Å²) < 4.78 is 5.09. The minimum atomic E-state index is -0.565. The van der Waals surface area contributed by atoms with Crippen LogP contribution in [0.15, 0.2) is 18.2 Å². The second-order valence-corrected chi connectivity index (χ2v) is 8.00. The number of carbonyl (C=O) groups is 4. The van der Waals surface area contributed by atoms with Gasteiger partial charge in [-0.15, -0.1) is 0 Å². The third kappa shape index (κ3) is 3.60. The highest BCUT2D eigenvalue weighted by molar-refractivity contribution is 6.05. The van der Waals surface area contributed by atoms with E-state index in [0.717, 1.165) is 44.9 Å². The van der Waals surface area contributed by atoms with Crippen LogP contribution >= 0.6 is 0 Å². The number of fused-ring (bicyclic) bond motifs is 2. The van der Waals surface area contributed by atoms with Crippen molar-refractivity contribution in [3.63, 3.8) is 0 Å². The monoisotopic (exact) mass is 383 g/mol. The highest BCUT2D eigenvalue weighted by Crippen LogP contribution is 2.38. The molecule has 6 heteroatoms. The molecule has 4 rings (SSSR count). The van der Waals surface area contributed by atoms with E-state index in [-0.39, 0.29) is 49.0 Å². The number of hydrogen-bond donors (Lipinski definition) is 0. The number of hydrogen-bond acceptors (Lipinski definition) is 5. The van der Waals surface area contributed by atoms with Crippen LogP contribution in [0.1, 0.15) is 60.0 Å². The number of amides is 2. The van der Waals surface area contributed by atoms with Crippen LogP contribution in [0.25, 0.3) is 0 Å². The van der Waals surface area contributed by atoms with Crippen LogP contribution in [-0.2, 0) is 32.0 Å². The Morgan fingerprint density at radius 1 is 0.964 bits per heavy atom. The first-order valence-corrected chi connectivity index (χ1v) is 10.2. The summed E-state index contributed by atoms with van der Waals surface area (Å²) in [5.41, 5.74) is 3.04. The van der Waals surface area contributed by atoms with Crippen molar-refractivity contribution in [3.8, 4) is 0 Å². The number of imide groups is 1. The summed E-state index contributed by atoms with van der Waals surface area (Å²) in [7, 11) is 0. The molecule has 2 fully saturated rings. The average Bonchev–Trinajstić information content (AvgIpc) is 3.28. The van der Waals surface area contributed by atoms with Crippen molar-refractivity contribution >= 4 is 23.6 Å². The van der Waals surface area contributed by atoms with Gasteiger partial charge in [0, 0.05) is 12.1 Å². The number of Topliss-reactive ketones (excluding diaryl/α,β-unsaturated/α-hetero) is 1. The van der Waals surface area contributed by atoms with Crippen LogP contribution in [0.5, 0.6) is 0 Å². The number of esters is 1. The molecule has 1 aromatic rings. The average molecular weight is 383 g/mol. The zero-order chi connectivity index (χ0) is 19.7. The van der Waals surface area contributed by atoms with Crippen molar-refractivity contribution in [1.82, 2.24) is 4.90 Å². The van der Waals surface area contributed by atoms with E-state index in [1.54, 1.807) is 6.07 Å². The summed E-state index contributed by atoms with van der Waals surface area (Å²) in [6.45, 7) is -0.276. The lowest BCUT2D eigenvalue weighted by molar-refractivity contribution is -0.145. The Labute approximate surface area is 164 Å². The predicted octanol–water partition coefficient (Wildman–Crippen LogP) is 2.47. The van der Waals surface area contributed by atoms with Gasteiger partial charge in [0.05, 0.1) is 18.3 Å². The van der Waals surface area contributed by atoms with Crippen molar-refractivity contribution in [3.05, 3.63) is 34.9 Å². The van der Waals surface area contributed by atoms with E-state index in [1.165, 1.54) is 16.0 Å². The van der Waals surface area contributed by atoms with E-state index < -0.39 is 5.97 Å². The van der Waals surface area contributed by atoms with Gasteiger partial charge >= 0.3 is 5.97 Å². The highest BCUT2D eigenvalue weighted by Gasteiger charge is 2.47. The summed E-state index contributed by atoms with van der Waals surface area (Å²) in [4.78, 5) is 50.3. The normalized spacial score (nSPS) is 23.5. The number of ether oxygens (including phenoxy) is 1. The molecule has 148 valence electrons. The molecule has 1 saturated carbocycles. The Morgan fingerprint density at radius 3 is 2.36 bits per heavy atom. The molecule has 6 nitrogen and oxygen atoms in total. The summed E-state index contributed by atoms with van der Waals surface area (Å²) in [5.74, 6) is -1.53. The minimum Gasteiger partial charge on any atom is -0.457 e. The largest absolute Gasteiger partial charge is 0.457 e. The molecule has 1 aliphatic heterocycles. The third-order valence-electron chi connectivity index (χ3n) is 6.26. The minimum absolute atomic E-state index is 0.0382. The molecular weight excluding hydrogens is 358 g/mol. The lowest BCUT2D eigenvalue weighted by Crippen LogP contribution is -2.33. The van der Waals surface area contributed by atoms with Crippen LogP contribution in [-0.4, -0.2) is 41.6 Å². The van der Waals surface area contributed by atoms with E-state index in [1.807, 2.05) is 12.1 Å². The number of likely N-dealkylation sites (tertiary alicyclic amines) is 1. The topological polar surface area (TPSA) is 80.8 Å². The van der Waals surface area contributed by atoms with Gasteiger partial charge in [0.25, 0.3) is 0 Å². The maximum Gasteiger partial charge on any atom is 0.308 e. The van der Waals surface area contributed by atoms with E-state index in [0.29, 0.717) is 5.56 Å². The molecule has 3 aliphatic rings.